The third-order valence-electron chi connectivity index (χ3n) is 4.05. The summed E-state index contributed by atoms with van der Waals surface area (Å²) >= 11 is 0. The molecule has 2 unspecified atom stereocenters. The number of rotatable bonds is 2. The molecule has 88 valence electrons. The molecule has 0 aliphatic carbocycles. The Kier molecular flexibility index (Phi) is 4.00. The fraction of sp³-hybridized carbons (Fsp3) is 1.00. The normalized spacial score (nSPS) is 34.8. The lowest BCUT2D eigenvalue weighted by Crippen LogP contribution is -2.49. The van der Waals surface area contributed by atoms with Crippen LogP contribution in [0.2, 0.25) is 0 Å². The molecule has 2 aliphatic heterocycles. The van der Waals surface area contributed by atoms with Crippen molar-refractivity contribution in [1.82, 2.24) is 9.80 Å². The van der Waals surface area contributed by atoms with Crippen LogP contribution in [0, 0.1) is 5.92 Å². The van der Waals surface area contributed by atoms with Gasteiger partial charge in [0.1, 0.15) is 0 Å². The molecule has 2 saturated heterocycles. The smallest absolute Gasteiger partial charge is 0.0251 e. The number of nitrogens with two attached hydrogens (primary N) is 1. The van der Waals surface area contributed by atoms with Gasteiger partial charge in [0, 0.05) is 12.6 Å². The Bertz CT molecular complexity index is 193. The standard InChI is InChI=1S/C12H25N3/c1-14-7-3-9-15-8-2-4-11(5-6-13)12(15)10-14/h11-12H,2-10,13H2,1H3. The SMILES string of the molecule is CN1CCCN2CCCC(CCN)C2C1. The second-order valence-electron chi connectivity index (χ2n) is 5.20. The number of hydrogen-bond acceptors (Lipinski definition) is 3. The Labute approximate surface area is 93.6 Å². The third-order valence-corrected chi connectivity index (χ3v) is 4.05. The van der Waals surface area contributed by atoms with Crippen molar-refractivity contribution in [3.05, 3.63) is 0 Å². The molecule has 0 spiro atoms. The van der Waals surface area contributed by atoms with Crippen molar-refractivity contribution in [2.45, 2.75) is 31.7 Å². The molecule has 0 saturated carbocycles. The molecule has 15 heavy (non-hydrogen) atoms. The highest BCUT2D eigenvalue weighted by Crippen LogP contribution is 2.28. The summed E-state index contributed by atoms with van der Waals surface area (Å²) in [5.41, 5.74) is 5.72. The molecule has 3 heteroatoms. The molecule has 0 radical (unpaired) electrons. The van der Waals surface area contributed by atoms with Gasteiger partial charge in [-0.1, -0.05) is 0 Å². The third kappa shape index (κ3) is 2.71. The fourth-order valence-electron chi connectivity index (χ4n) is 3.26. The average Bonchev–Trinajstić information content (AvgIpc) is 2.40. The van der Waals surface area contributed by atoms with Crippen molar-refractivity contribution in [3.8, 4) is 0 Å². The van der Waals surface area contributed by atoms with Gasteiger partial charge in [-0.3, -0.25) is 4.90 Å². The van der Waals surface area contributed by atoms with E-state index in [1.807, 2.05) is 0 Å². The van der Waals surface area contributed by atoms with Gasteiger partial charge >= 0.3 is 0 Å². The zero-order valence-electron chi connectivity index (χ0n) is 9.99. The highest BCUT2D eigenvalue weighted by molar-refractivity contribution is 4.88. The van der Waals surface area contributed by atoms with Gasteiger partial charge in [-0.15, -0.1) is 0 Å². The van der Waals surface area contributed by atoms with Gasteiger partial charge in [0.2, 0.25) is 0 Å². The predicted octanol–water partition coefficient (Wildman–Crippen LogP) is 0.751. The van der Waals surface area contributed by atoms with E-state index in [9.17, 15) is 0 Å². The van der Waals surface area contributed by atoms with Crippen LogP contribution in [0.4, 0.5) is 0 Å². The van der Waals surface area contributed by atoms with E-state index in [2.05, 4.69) is 16.8 Å². The van der Waals surface area contributed by atoms with Crippen LogP contribution in [0.5, 0.6) is 0 Å². The van der Waals surface area contributed by atoms with Crippen molar-refractivity contribution in [2.24, 2.45) is 11.7 Å². The maximum Gasteiger partial charge on any atom is 0.0251 e. The summed E-state index contributed by atoms with van der Waals surface area (Å²) < 4.78 is 0. The minimum atomic E-state index is 0.787. The summed E-state index contributed by atoms with van der Waals surface area (Å²) in [4.78, 5) is 5.22. The molecule has 3 nitrogen and oxygen atoms in total. The molecule has 2 fully saturated rings. The number of nitrogens with zero attached hydrogens (tertiary/aromatic N) is 2. The Morgan fingerprint density at radius 3 is 2.80 bits per heavy atom. The summed E-state index contributed by atoms with van der Waals surface area (Å²) in [6.45, 7) is 6.00. The molecule has 0 aromatic rings. The fourth-order valence-corrected chi connectivity index (χ4v) is 3.26. The maximum atomic E-state index is 5.72. The first-order valence-corrected chi connectivity index (χ1v) is 6.44. The van der Waals surface area contributed by atoms with E-state index in [-0.39, 0.29) is 0 Å². The van der Waals surface area contributed by atoms with Gasteiger partial charge in [-0.25, -0.2) is 0 Å². The van der Waals surface area contributed by atoms with E-state index in [1.165, 1.54) is 51.9 Å². The number of likely N-dealkylation sites (N-methyl/N-ethyl adjacent to an activating group) is 1. The van der Waals surface area contributed by atoms with E-state index in [0.717, 1.165) is 18.5 Å². The minimum Gasteiger partial charge on any atom is -0.330 e. The number of piperidine rings is 1. The summed E-state index contributed by atoms with van der Waals surface area (Å²) in [6.07, 6.45) is 5.33. The Morgan fingerprint density at radius 2 is 2.00 bits per heavy atom. The monoisotopic (exact) mass is 211 g/mol. The van der Waals surface area contributed by atoms with Crippen LogP contribution in [0.25, 0.3) is 0 Å². The Balaban J connectivity index is 2.01. The molecule has 2 atom stereocenters. The van der Waals surface area contributed by atoms with Crippen molar-refractivity contribution >= 4 is 0 Å². The van der Waals surface area contributed by atoms with Crippen LogP contribution in [0.1, 0.15) is 25.7 Å². The van der Waals surface area contributed by atoms with E-state index < -0.39 is 0 Å². The zero-order valence-corrected chi connectivity index (χ0v) is 9.99. The Hall–Kier alpha value is -0.120. The summed E-state index contributed by atoms with van der Waals surface area (Å²) in [6, 6.07) is 0.787. The second-order valence-corrected chi connectivity index (χ2v) is 5.20. The Morgan fingerprint density at radius 1 is 1.20 bits per heavy atom. The lowest BCUT2D eigenvalue weighted by Gasteiger charge is -2.41. The minimum absolute atomic E-state index is 0.787. The lowest BCUT2D eigenvalue weighted by atomic mass is 9.86. The van der Waals surface area contributed by atoms with Gasteiger partial charge in [-0.2, -0.15) is 0 Å². The highest BCUT2D eigenvalue weighted by Gasteiger charge is 2.32. The first kappa shape index (κ1) is 11.4. The zero-order chi connectivity index (χ0) is 10.7. The van der Waals surface area contributed by atoms with Crippen molar-refractivity contribution in [2.75, 3.05) is 39.8 Å². The molecule has 2 aliphatic rings. The molecular formula is C12H25N3. The van der Waals surface area contributed by atoms with Crippen molar-refractivity contribution < 1.29 is 0 Å². The lowest BCUT2D eigenvalue weighted by molar-refractivity contribution is 0.0850. The molecular weight excluding hydrogens is 186 g/mol. The number of hydrogen-bond donors (Lipinski definition) is 1. The largest absolute Gasteiger partial charge is 0.330 e. The van der Waals surface area contributed by atoms with E-state index in [4.69, 9.17) is 5.73 Å². The molecule has 2 N–H and O–H groups in total. The molecule has 0 aromatic carbocycles. The van der Waals surface area contributed by atoms with Crippen LogP contribution in [-0.4, -0.2) is 55.6 Å². The van der Waals surface area contributed by atoms with E-state index in [0.29, 0.717) is 0 Å². The quantitative estimate of drug-likeness (QED) is 0.731. The van der Waals surface area contributed by atoms with Crippen LogP contribution >= 0.6 is 0 Å². The molecule has 2 heterocycles. The maximum absolute atomic E-state index is 5.72. The highest BCUT2D eigenvalue weighted by atomic mass is 15.2. The van der Waals surface area contributed by atoms with E-state index >= 15 is 0 Å². The van der Waals surface area contributed by atoms with Gasteiger partial charge in [0.25, 0.3) is 0 Å². The summed E-state index contributed by atoms with van der Waals surface area (Å²) in [5, 5.41) is 0. The predicted molar refractivity (Wildman–Crippen MR) is 63.9 cm³/mol. The van der Waals surface area contributed by atoms with E-state index in [1.54, 1.807) is 0 Å². The molecule has 0 aromatic heterocycles. The van der Waals surface area contributed by atoms with Gasteiger partial charge < -0.3 is 10.6 Å². The van der Waals surface area contributed by atoms with Gasteiger partial charge in [0.05, 0.1) is 0 Å². The van der Waals surface area contributed by atoms with Crippen LogP contribution in [-0.2, 0) is 0 Å². The molecule has 0 bridgehead atoms. The van der Waals surface area contributed by atoms with Crippen LogP contribution < -0.4 is 5.73 Å². The molecule has 2 rings (SSSR count). The topological polar surface area (TPSA) is 32.5 Å². The van der Waals surface area contributed by atoms with Crippen molar-refractivity contribution in [3.63, 3.8) is 0 Å². The summed E-state index contributed by atoms with van der Waals surface area (Å²) in [5.74, 6) is 0.851. The second kappa shape index (κ2) is 5.28. The number of fused-ring (bicyclic) bond motifs is 1. The average molecular weight is 211 g/mol. The van der Waals surface area contributed by atoms with Gasteiger partial charge in [0.15, 0.2) is 0 Å². The summed E-state index contributed by atoms with van der Waals surface area (Å²) in [7, 11) is 2.26. The van der Waals surface area contributed by atoms with Gasteiger partial charge in [-0.05, 0) is 64.8 Å². The first-order chi connectivity index (χ1) is 7.31. The van der Waals surface area contributed by atoms with Crippen LogP contribution in [0.3, 0.4) is 0 Å². The molecule has 0 amide bonds. The van der Waals surface area contributed by atoms with Crippen LogP contribution in [0.15, 0.2) is 0 Å². The van der Waals surface area contributed by atoms with Crippen molar-refractivity contribution in [1.29, 1.82) is 0 Å². The first-order valence-electron chi connectivity index (χ1n) is 6.44.